The molecule has 2 unspecified atom stereocenters. The van der Waals surface area contributed by atoms with Gasteiger partial charge in [0.15, 0.2) is 9.84 Å². The van der Waals surface area contributed by atoms with Crippen molar-refractivity contribution >= 4 is 56.5 Å². The molecule has 1 aliphatic heterocycles. The van der Waals surface area contributed by atoms with Crippen molar-refractivity contribution in [3.63, 3.8) is 0 Å². The van der Waals surface area contributed by atoms with E-state index in [4.69, 9.17) is 34.8 Å². The molecule has 3 aromatic rings. The second-order valence-corrected chi connectivity index (χ2v) is 14.9. The largest absolute Gasteiger partial charge is 0.481 e. The number of aliphatic carboxylic acids is 1. The first-order valence-corrected chi connectivity index (χ1v) is 16.7. The number of hydrogen-bond acceptors (Lipinski definition) is 4. The Morgan fingerprint density at radius 2 is 1.74 bits per heavy atom. The van der Waals surface area contributed by atoms with E-state index >= 15 is 0 Å². The van der Waals surface area contributed by atoms with Crippen LogP contribution in [0.2, 0.25) is 15.1 Å². The summed E-state index contributed by atoms with van der Waals surface area (Å²) in [4.78, 5) is 25.6. The highest BCUT2D eigenvalue weighted by Gasteiger charge is 2.54. The molecule has 6 atom stereocenters. The highest BCUT2D eigenvalue weighted by atomic mass is 35.5. The number of halogens is 3. The third kappa shape index (κ3) is 6.21. The third-order valence-electron chi connectivity index (χ3n) is 8.98. The van der Waals surface area contributed by atoms with Crippen LogP contribution in [-0.2, 0) is 19.4 Å². The van der Waals surface area contributed by atoms with Gasteiger partial charge >= 0.3 is 5.97 Å². The number of benzene rings is 3. The Hall–Kier alpha value is -2.58. The van der Waals surface area contributed by atoms with Gasteiger partial charge in [0.1, 0.15) is 0 Å². The molecule has 222 valence electrons. The molecule has 3 aromatic carbocycles. The summed E-state index contributed by atoms with van der Waals surface area (Å²) in [5.41, 5.74) is 0.764. The molecule has 10 heteroatoms. The summed E-state index contributed by atoms with van der Waals surface area (Å²) in [5, 5.41) is 13.6. The van der Waals surface area contributed by atoms with E-state index in [1.807, 2.05) is 37.3 Å². The van der Waals surface area contributed by atoms with Gasteiger partial charge in [0.2, 0.25) is 5.91 Å². The summed E-state index contributed by atoms with van der Waals surface area (Å²) in [6.07, 6.45) is 1.35. The Morgan fingerprint density at radius 3 is 2.38 bits per heavy atom. The molecule has 0 spiro atoms. The third-order valence-corrected chi connectivity index (χ3v) is 12.2. The van der Waals surface area contributed by atoms with Crippen molar-refractivity contribution in [2.45, 2.75) is 67.1 Å². The lowest BCUT2D eigenvalue weighted by Gasteiger charge is -2.44. The molecule has 2 aliphatic rings. The summed E-state index contributed by atoms with van der Waals surface area (Å²) in [5.74, 6) is -1.97. The van der Waals surface area contributed by atoms with Gasteiger partial charge in [-0.25, -0.2) is 8.42 Å². The second-order valence-electron chi connectivity index (χ2n) is 11.5. The van der Waals surface area contributed by atoms with Crippen molar-refractivity contribution in [3.05, 3.63) is 99.0 Å². The quantitative estimate of drug-likeness (QED) is 0.237. The fourth-order valence-electron chi connectivity index (χ4n) is 6.61. The van der Waals surface area contributed by atoms with Crippen LogP contribution in [0.4, 0.5) is 0 Å². The number of carboxylic acid groups (broad SMARTS) is 1. The number of piperidine rings is 1. The highest BCUT2D eigenvalue weighted by molar-refractivity contribution is 7.92. The van der Waals surface area contributed by atoms with Gasteiger partial charge in [0.25, 0.3) is 0 Å². The predicted octanol–water partition coefficient (Wildman–Crippen LogP) is 7.53. The molecular weight excluding hydrogens is 617 g/mol. The van der Waals surface area contributed by atoms with E-state index in [9.17, 15) is 23.1 Å². The molecule has 0 radical (unpaired) electrons. The Bertz CT molecular complexity index is 1600. The monoisotopic (exact) mass is 647 g/mol. The SMILES string of the molecule is CC[C@@]1(CC(=O)O)C[C@H](c2cccc(Cl)c2)[C@H](C[C@H](c2ccc(Cl)cc2)C2CC2S(=O)(=O)c2ccccc2Cl)NC1=O. The van der Waals surface area contributed by atoms with Crippen LogP contribution in [0.25, 0.3) is 0 Å². The maximum Gasteiger partial charge on any atom is 0.304 e. The van der Waals surface area contributed by atoms with E-state index < -0.39 is 26.5 Å². The standard InChI is InChI=1S/C32H32Cl3NO5S/c1-2-32(18-30(37)38)17-25(20-6-5-7-22(34)14-20)27(36-31(32)39)15-23(19-10-12-21(33)13-11-19)24-16-29(24)42(40,41)28-9-4-3-8-26(28)35/h3-14,23-25,27,29H,2,15-18H2,1H3,(H,36,39)(H,37,38)/t23-,24?,25-,27+,29?,32+/m1/s1. The summed E-state index contributed by atoms with van der Waals surface area (Å²) < 4.78 is 27.3. The lowest BCUT2D eigenvalue weighted by Crippen LogP contribution is -2.55. The number of carboxylic acids is 1. The Labute approximate surface area is 261 Å². The fraction of sp³-hybridized carbons (Fsp3) is 0.375. The van der Waals surface area contributed by atoms with Crippen LogP contribution in [-0.4, -0.2) is 36.7 Å². The normalized spacial score (nSPS) is 26.3. The number of rotatable bonds is 10. The molecule has 1 saturated carbocycles. The maximum atomic E-state index is 13.7. The van der Waals surface area contributed by atoms with Crippen LogP contribution in [0.3, 0.4) is 0 Å². The first kappa shape index (κ1) is 30.9. The van der Waals surface area contributed by atoms with Gasteiger partial charge in [-0.15, -0.1) is 0 Å². The van der Waals surface area contributed by atoms with Crippen LogP contribution in [0.1, 0.15) is 62.0 Å². The average molecular weight is 649 g/mol. The van der Waals surface area contributed by atoms with Gasteiger partial charge in [-0.05, 0) is 85.0 Å². The van der Waals surface area contributed by atoms with E-state index in [0.717, 1.165) is 11.1 Å². The Balaban J connectivity index is 1.52. The van der Waals surface area contributed by atoms with Crippen LogP contribution in [0.5, 0.6) is 0 Å². The summed E-state index contributed by atoms with van der Waals surface area (Å²) in [6.45, 7) is 1.84. The highest BCUT2D eigenvalue weighted by Crippen LogP contribution is 2.53. The second kappa shape index (κ2) is 12.2. The van der Waals surface area contributed by atoms with E-state index in [1.54, 1.807) is 36.4 Å². The van der Waals surface area contributed by atoms with Gasteiger partial charge < -0.3 is 10.4 Å². The molecule has 0 bridgehead atoms. The first-order valence-electron chi connectivity index (χ1n) is 14.0. The number of sulfone groups is 1. The topological polar surface area (TPSA) is 101 Å². The molecule has 1 aliphatic carbocycles. The van der Waals surface area contributed by atoms with E-state index in [0.29, 0.717) is 35.7 Å². The van der Waals surface area contributed by atoms with E-state index in [2.05, 4.69) is 5.32 Å². The zero-order valence-corrected chi connectivity index (χ0v) is 26.1. The van der Waals surface area contributed by atoms with Gasteiger partial charge in [0.05, 0.1) is 27.0 Å². The Kier molecular flexibility index (Phi) is 8.96. The summed E-state index contributed by atoms with van der Waals surface area (Å²) >= 11 is 18.9. The summed E-state index contributed by atoms with van der Waals surface area (Å²) in [7, 11) is -3.69. The minimum Gasteiger partial charge on any atom is -0.481 e. The van der Waals surface area contributed by atoms with Crippen molar-refractivity contribution in [3.8, 4) is 0 Å². The molecule has 2 N–H and O–H groups in total. The Morgan fingerprint density at radius 1 is 1.02 bits per heavy atom. The van der Waals surface area contributed by atoms with Gasteiger partial charge in [-0.1, -0.05) is 78.1 Å². The molecule has 1 heterocycles. The van der Waals surface area contributed by atoms with Crippen molar-refractivity contribution in [1.82, 2.24) is 5.32 Å². The fourth-order valence-corrected chi connectivity index (χ4v) is 9.45. The van der Waals surface area contributed by atoms with E-state index in [1.165, 1.54) is 6.07 Å². The van der Waals surface area contributed by atoms with Crippen LogP contribution in [0.15, 0.2) is 77.7 Å². The minimum absolute atomic E-state index is 0.123. The maximum absolute atomic E-state index is 13.7. The van der Waals surface area contributed by atoms with E-state index in [-0.39, 0.29) is 46.0 Å². The van der Waals surface area contributed by atoms with Gasteiger partial charge in [-0.2, -0.15) is 0 Å². The first-order chi connectivity index (χ1) is 19.9. The number of carbonyl (C=O) groups is 2. The number of hydrogen-bond donors (Lipinski definition) is 2. The molecule has 42 heavy (non-hydrogen) atoms. The predicted molar refractivity (Wildman–Crippen MR) is 165 cm³/mol. The zero-order valence-electron chi connectivity index (χ0n) is 23.0. The average Bonchev–Trinajstić information content (AvgIpc) is 3.75. The lowest BCUT2D eigenvalue weighted by molar-refractivity contribution is -0.148. The van der Waals surface area contributed by atoms with Crippen molar-refractivity contribution in [2.24, 2.45) is 11.3 Å². The zero-order chi connectivity index (χ0) is 30.2. The molecular formula is C32H32Cl3NO5S. The van der Waals surface area contributed by atoms with Gasteiger partial charge in [-0.3, -0.25) is 9.59 Å². The molecule has 5 rings (SSSR count). The van der Waals surface area contributed by atoms with Crippen molar-refractivity contribution < 1.29 is 23.1 Å². The molecule has 6 nitrogen and oxygen atoms in total. The van der Waals surface area contributed by atoms with Crippen LogP contribution < -0.4 is 5.32 Å². The number of nitrogens with one attached hydrogen (secondary N) is 1. The molecule has 2 fully saturated rings. The number of amides is 1. The molecule has 1 saturated heterocycles. The minimum atomic E-state index is -3.69. The van der Waals surface area contributed by atoms with Crippen molar-refractivity contribution in [2.75, 3.05) is 0 Å². The van der Waals surface area contributed by atoms with Crippen LogP contribution in [0, 0.1) is 11.3 Å². The van der Waals surface area contributed by atoms with Gasteiger partial charge in [0, 0.05) is 22.0 Å². The molecule has 1 amide bonds. The lowest BCUT2D eigenvalue weighted by atomic mass is 9.66. The number of carbonyl (C=O) groups excluding carboxylic acids is 1. The molecule has 0 aromatic heterocycles. The smallest absolute Gasteiger partial charge is 0.304 e. The van der Waals surface area contributed by atoms with Crippen LogP contribution >= 0.6 is 34.8 Å². The van der Waals surface area contributed by atoms with Crippen molar-refractivity contribution in [1.29, 1.82) is 0 Å². The summed E-state index contributed by atoms with van der Waals surface area (Å²) in [6, 6.07) is 20.9.